The van der Waals surface area contributed by atoms with Crippen molar-refractivity contribution in [2.24, 2.45) is 0 Å². The number of phenols is 1. The zero-order valence-electron chi connectivity index (χ0n) is 15.8. The summed E-state index contributed by atoms with van der Waals surface area (Å²) in [4.78, 5) is 0. The topological polar surface area (TPSA) is 98.9 Å². The largest absolute Gasteiger partial charge is 0.534 e. The van der Waals surface area contributed by atoms with Crippen molar-refractivity contribution in [2.45, 2.75) is 45.0 Å². The molecule has 10 heteroatoms. The highest BCUT2D eigenvalue weighted by Crippen LogP contribution is 2.44. The van der Waals surface area contributed by atoms with Crippen molar-refractivity contribution in [3.8, 4) is 23.0 Å². The molecule has 2 aromatic carbocycles. The molecule has 1 aliphatic carbocycles. The standard InChI is InChI=1S/C19H20F3NO5S/c1-3-11-15(28-29(25,26)19(20,21)22)7-8-16(17(11)24)27-18-10(2)9-14(23)12-5-4-6-13(12)18/h7-9,24H,3-6,23H2,1-2H3. The van der Waals surface area contributed by atoms with E-state index < -0.39 is 27.1 Å². The lowest BCUT2D eigenvalue weighted by Gasteiger charge is -2.18. The third kappa shape index (κ3) is 3.81. The highest BCUT2D eigenvalue weighted by atomic mass is 32.2. The molecule has 0 aliphatic heterocycles. The number of halogens is 3. The minimum Gasteiger partial charge on any atom is -0.504 e. The maximum Gasteiger partial charge on any atom is 0.534 e. The Morgan fingerprint density at radius 3 is 2.41 bits per heavy atom. The van der Waals surface area contributed by atoms with E-state index in [1.165, 1.54) is 13.0 Å². The Morgan fingerprint density at radius 1 is 1.17 bits per heavy atom. The molecule has 0 amide bonds. The molecular formula is C19H20F3NO5S. The number of nitrogen functional groups attached to an aromatic ring is 1. The normalized spacial score (nSPS) is 14.0. The molecule has 29 heavy (non-hydrogen) atoms. The molecule has 1 aliphatic rings. The van der Waals surface area contributed by atoms with Crippen LogP contribution in [0.15, 0.2) is 18.2 Å². The molecule has 0 heterocycles. The van der Waals surface area contributed by atoms with E-state index in [1.54, 1.807) is 13.0 Å². The summed E-state index contributed by atoms with van der Waals surface area (Å²) in [6.45, 7) is 3.34. The van der Waals surface area contributed by atoms with Crippen LogP contribution in [0, 0.1) is 6.92 Å². The number of aromatic hydroxyl groups is 1. The van der Waals surface area contributed by atoms with Gasteiger partial charge in [0, 0.05) is 16.8 Å². The second-order valence-electron chi connectivity index (χ2n) is 6.75. The summed E-state index contributed by atoms with van der Waals surface area (Å²) in [6.07, 6.45) is 2.49. The fourth-order valence-corrected chi connectivity index (χ4v) is 3.94. The van der Waals surface area contributed by atoms with Gasteiger partial charge in [-0.2, -0.15) is 21.6 Å². The van der Waals surface area contributed by atoms with Crippen LogP contribution in [0.2, 0.25) is 0 Å². The fourth-order valence-electron chi connectivity index (χ4n) is 3.45. The zero-order chi connectivity index (χ0) is 21.6. The summed E-state index contributed by atoms with van der Waals surface area (Å²) in [7, 11) is -5.86. The van der Waals surface area contributed by atoms with Crippen LogP contribution in [-0.2, 0) is 29.4 Å². The van der Waals surface area contributed by atoms with E-state index in [9.17, 15) is 26.7 Å². The molecule has 0 unspecified atom stereocenters. The van der Waals surface area contributed by atoms with Crippen molar-refractivity contribution in [2.75, 3.05) is 5.73 Å². The maximum atomic E-state index is 12.6. The molecule has 0 saturated heterocycles. The summed E-state index contributed by atoms with van der Waals surface area (Å²) >= 11 is 0. The van der Waals surface area contributed by atoms with Crippen molar-refractivity contribution in [1.29, 1.82) is 0 Å². The quantitative estimate of drug-likeness (QED) is 0.415. The second-order valence-corrected chi connectivity index (χ2v) is 8.29. The van der Waals surface area contributed by atoms with E-state index in [4.69, 9.17) is 10.5 Å². The lowest BCUT2D eigenvalue weighted by atomic mass is 10.0. The molecule has 3 rings (SSSR count). The number of nitrogens with two attached hydrogens (primary N) is 1. The Kier molecular flexibility index (Phi) is 5.33. The summed E-state index contributed by atoms with van der Waals surface area (Å²) in [5.41, 5.74) is 3.70. The highest BCUT2D eigenvalue weighted by molar-refractivity contribution is 7.88. The van der Waals surface area contributed by atoms with E-state index in [-0.39, 0.29) is 17.7 Å². The average Bonchev–Trinajstić information content (AvgIpc) is 3.09. The Balaban J connectivity index is 2.01. The lowest BCUT2D eigenvalue weighted by Crippen LogP contribution is -2.28. The van der Waals surface area contributed by atoms with Gasteiger partial charge in [0.25, 0.3) is 0 Å². The number of aryl methyl sites for hydroxylation is 1. The highest BCUT2D eigenvalue weighted by Gasteiger charge is 2.49. The SMILES string of the molecule is CCc1c(OS(=O)(=O)C(F)(F)F)ccc(Oc2c(C)cc(N)c3c2CCC3)c1O. The van der Waals surface area contributed by atoms with Crippen molar-refractivity contribution in [1.82, 2.24) is 0 Å². The van der Waals surface area contributed by atoms with Gasteiger partial charge in [0.15, 0.2) is 11.5 Å². The van der Waals surface area contributed by atoms with E-state index in [0.29, 0.717) is 11.4 Å². The number of hydrogen-bond donors (Lipinski definition) is 2. The van der Waals surface area contributed by atoms with Gasteiger partial charge in [-0.15, -0.1) is 0 Å². The first-order valence-electron chi connectivity index (χ1n) is 8.90. The Hall–Kier alpha value is -2.62. The minimum atomic E-state index is -5.86. The van der Waals surface area contributed by atoms with E-state index in [1.807, 2.05) is 0 Å². The van der Waals surface area contributed by atoms with Crippen LogP contribution < -0.4 is 14.7 Å². The third-order valence-corrected chi connectivity index (χ3v) is 5.79. The minimum absolute atomic E-state index is 0.0134. The van der Waals surface area contributed by atoms with Crippen LogP contribution in [0.3, 0.4) is 0 Å². The summed E-state index contributed by atoms with van der Waals surface area (Å²) in [5.74, 6) is -0.569. The van der Waals surface area contributed by atoms with Crippen LogP contribution in [-0.4, -0.2) is 19.0 Å². The van der Waals surface area contributed by atoms with Gasteiger partial charge in [-0.3, -0.25) is 0 Å². The molecule has 2 aromatic rings. The second kappa shape index (κ2) is 7.33. The van der Waals surface area contributed by atoms with Crippen LogP contribution >= 0.6 is 0 Å². The van der Waals surface area contributed by atoms with Gasteiger partial charge in [-0.1, -0.05) is 6.92 Å². The summed E-state index contributed by atoms with van der Waals surface area (Å²) in [5, 5.41) is 10.5. The van der Waals surface area contributed by atoms with E-state index in [0.717, 1.165) is 42.0 Å². The molecule has 0 aromatic heterocycles. The summed E-state index contributed by atoms with van der Waals surface area (Å²) in [6, 6.07) is 3.97. The number of hydrogen-bond acceptors (Lipinski definition) is 6. The molecule has 158 valence electrons. The van der Waals surface area contributed by atoms with Gasteiger partial charge in [0.05, 0.1) is 0 Å². The zero-order valence-corrected chi connectivity index (χ0v) is 16.6. The third-order valence-electron chi connectivity index (χ3n) is 4.82. The van der Waals surface area contributed by atoms with Gasteiger partial charge in [-0.25, -0.2) is 0 Å². The number of rotatable bonds is 5. The number of benzene rings is 2. The number of phenolic OH excluding ortho intramolecular Hbond substituents is 1. The first-order chi connectivity index (χ1) is 13.5. The predicted molar refractivity (Wildman–Crippen MR) is 101 cm³/mol. The van der Waals surface area contributed by atoms with Crippen LogP contribution in [0.4, 0.5) is 18.9 Å². The molecule has 6 nitrogen and oxygen atoms in total. The van der Waals surface area contributed by atoms with Crippen LogP contribution in [0.1, 0.15) is 35.6 Å². The van der Waals surface area contributed by atoms with Crippen molar-refractivity contribution in [3.63, 3.8) is 0 Å². The number of alkyl halides is 3. The van der Waals surface area contributed by atoms with E-state index in [2.05, 4.69) is 4.18 Å². The maximum absolute atomic E-state index is 12.6. The fraction of sp³-hybridized carbons (Fsp3) is 0.368. The van der Waals surface area contributed by atoms with Gasteiger partial charge in [0.1, 0.15) is 11.5 Å². The van der Waals surface area contributed by atoms with Crippen LogP contribution in [0.5, 0.6) is 23.0 Å². The Morgan fingerprint density at radius 2 is 1.79 bits per heavy atom. The van der Waals surface area contributed by atoms with Gasteiger partial charge >= 0.3 is 15.6 Å². The Labute approximate surface area is 166 Å². The first-order valence-corrected chi connectivity index (χ1v) is 10.3. The van der Waals surface area contributed by atoms with Crippen molar-refractivity contribution in [3.05, 3.63) is 40.5 Å². The van der Waals surface area contributed by atoms with Crippen LogP contribution in [0.25, 0.3) is 0 Å². The molecule has 0 atom stereocenters. The number of ether oxygens (including phenoxy) is 1. The molecule has 3 N–H and O–H groups in total. The van der Waals surface area contributed by atoms with E-state index >= 15 is 0 Å². The summed E-state index contributed by atoms with van der Waals surface area (Å²) < 4.78 is 70.6. The molecule has 0 fully saturated rings. The van der Waals surface area contributed by atoms with Crippen molar-refractivity contribution < 1.29 is 35.6 Å². The monoisotopic (exact) mass is 431 g/mol. The number of anilines is 1. The van der Waals surface area contributed by atoms with Gasteiger partial charge < -0.3 is 19.8 Å². The molecular weight excluding hydrogens is 411 g/mol. The smallest absolute Gasteiger partial charge is 0.504 e. The van der Waals surface area contributed by atoms with Gasteiger partial charge in [-0.05, 0) is 61.9 Å². The predicted octanol–water partition coefficient (Wildman–Crippen LogP) is 4.35. The Bertz CT molecular complexity index is 1060. The molecule has 0 bridgehead atoms. The average molecular weight is 431 g/mol. The lowest BCUT2D eigenvalue weighted by molar-refractivity contribution is -0.0500. The first kappa shape index (κ1) is 21.1. The molecule has 0 spiro atoms. The number of fused-ring (bicyclic) bond motifs is 1. The van der Waals surface area contributed by atoms with Gasteiger partial charge in [0.2, 0.25) is 0 Å². The molecule has 0 radical (unpaired) electrons. The van der Waals surface area contributed by atoms with Crippen molar-refractivity contribution >= 4 is 15.8 Å². The molecule has 0 saturated carbocycles.